The van der Waals surface area contributed by atoms with Gasteiger partial charge in [-0.1, -0.05) is 55.3 Å². The summed E-state index contributed by atoms with van der Waals surface area (Å²) < 4.78 is 43.0. The molecule has 0 spiro atoms. The Hall–Kier alpha value is -1.49. The summed E-state index contributed by atoms with van der Waals surface area (Å²) in [4.78, 5) is 12.3. The molecule has 1 aliphatic carbocycles. The Morgan fingerprint density at radius 3 is 2.54 bits per heavy atom. The number of rotatable bonds is 4. The lowest BCUT2D eigenvalue weighted by Crippen LogP contribution is -2.11. The fourth-order valence-electron chi connectivity index (χ4n) is 2.89. The summed E-state index contributed by atoms with van der Waals surface area (Å²) in [7, 11) is 0. The highest BCUT2D eigenvalue weighted by atomic mass is 35.5. The zero-order chi connectivity index (χ0) is 18.3. The fourth-order valence-corrected chi connectivity index (χ4v) is 3.02. The molecule has 6 heteroatoms. The Kier molecular flexibility index (Phi) is 5.05. The molecule has 0 saturated heterocycles. The number of halogens is 4. The van der Waals surface area contributed by atoms with Gasteiger partial charge in [0.1, 0.15) is 11.6 Å². The lowest BCUT2D eigenvalue weighted by atomic mass is 10.1. The number of carbonyl (C=O) groups excluding carboxylic acids is 1. The van der Waals surface area contributed by atoms with Gasteiger partial charge in [-0.2, -0.15) is 13.2 Å². The Morgan fingerprint density at radius 1 is 1.33 bits per heavy atom. The van der Waals surface area contributed by atoms with Gasteiger partial charge in [-0.15, -0.1) is 0 Å². The summed E-state index contributed by atoms with van der Waals surface area (Å²) in [6.07, 6.45) is -3.67. The maximum atomic E-state index is 12.6. The van der Waals surface area contributed by atoms with Crippen LogP contribution in [0.15, 0.2) is 29.3 Å². The Morgan fingerprint density at radius 2 is 1.96 bits per heavy atom. The summed E-state index contributed by atoms with van der Waals surface area (Å²) in [5.41, 5.74) is 2.35. The molecule has 2 nitrogen and oxygen atoms in total. The normalized spacial score (nSPS) is 23.1. The first-order chi connectivity index (χ1) is 10.9. The third kappa shape index (κ3) is 3.94. The van der Waals surface area contributed by atoms with Gasteiger partial charge in [0.25, 0.3) is 0 Å². The molecule has 132 valence electrons. The standard InChI is InChI=1S/C18H20ClF3O2/c1-10-5-6-11(2)12(7-10)9-24-16(23)15-13(17(15,3)4)8-14(19)18(20,21)22/h5-8,13,15H,9H2,1-4H3/b14-8-/t13-,15-/m1/s1. The van der Waals surface area contributed by atoms with Gasteiger partial charge in [0, 0.05) is 0 Å². The van der Waals surface area contributed by atoms with Gasteiger partial charge in [-0.05, 0) is 36.3 Å². The van der Waals surface area contributed by atoms with Crippen LogP contribution in [0.25, 0.3) is 0 Å². The summed E-state index contributed by atoms with van der Waals surface area (Å²) in [6.45, 7) is 7.44. The number of allylic oxidation sites excluding steroid dienone is 2. The number of hydrogen-bond acceptors (Lipinski definition) is 2. The Labute approximate surface area is 144 Å². The molecule has 2 rings (SSSR count). The molecule has 1 saturated carbocycles. The van der Waals surface area contributed by atoms with Crippen molar-refractivity contribution in [3.05, 3.63) is 46.0 Å². The molecule has 0 N–H and O–H groups in total. The second kappa shape index (κ2) is 6.43. The molecule has 1 aromatic carbocycles. The third-order valence-corrected chi connectivity index (χ3v) is 4.98. The molecule has 1 fully saturated rings. The van der Waals surface area contributed by atoms with E-state index in [1.54, 1.807) is 13.8 Å². The molecule has 1 aliphatic rings. The van der Waals surface area contributed by atoms with E-state index in [4.69, 9.17) is 16.3 Å². The summed E-state index contributed by atoms with van der Waals surface area (Å²) in [6, 6.07) is 5.83. The quantitative estimate of drug-likeness (QED) is 0.681. The first kappa shape index (κ1) is 18.8. The van der Waals surface area contributed by atoms with Crippen LogP contribution in [0.3, 0.4) is 0 Å². The highest BCUT2D eigenvalue weighted by Crippen LogP contribution is 2.60. The number of ether oxygens (including phenoxy) is 1. The summed E-state index contributed by atoms with van der Waals surface area (Å²) in [5, 5.41) is -1.19. The van der Waals surface area contributed by atoms with E-state index in [0.29, 0.717) is 0 Å². The number of esters is 1. The topological polar surface area (TPSA) is 26.3 Å². The van der Waals surface area contributed by atoms with Gasteiger partial charge in [0.15, 0.2) is 0 Å². The van der Waals surface area contributed by atoms with Gasteiger partial charge >= 0.3 is 12.1 Å². The van der Waals surface area contributed by atoms with Crippen LogP contribution in [-0.4, -0.2) is 12.1 Å². The van der Waals surface area contributed by atoms with Crippen molar-refractivity contribution in [1.29, 1.82) is 0 Å². The molecule has 1 aromatic rings. The number of carbonyl (C=O) groups is 1. The molecule has 0 aromatic heterocycles. The van der Waals surface area contributed by atoms with Crippen LogP contribution in [0.5, 0.6) is 0 Å². The van der Waals surface area contributed by atoms with Crippen molar-refractivity contribution >= 4 is 17.6 Å². The second-order valence-corrected chi connectivity index (χ2v) is 7.28. The molecule has 0 aliphatic heterocycles. The average Bonchev–Trinajstić information content (AvgIpc) is 2.99. The number of benzene rings is 1. The van der Waals surface area contributed by atoms with Crippen molar-refractivity contribution in [2.45, 2.75) is 40.5 Å². The zero-order valence-corrected chi connectivity index (χ0v) is 14.8. The molecular weight excluding hydrogens is 341 g/mol. The lowest BCUT2D eigenvalue weighted by Gasteiger charge is -2.09. The van der Waals surface area contributed by atoms with E-state index in [1.807, 2.05) is 32.0 Å². The monoisotopic (exact) mass is 360 g/mol. The van der Waals surface area contributed by atoms with Crippen molar-refractivity contribution in [2.24, 2.45) is 17.3 Å². The largest absolute Gasteiger partial charge is 0.461 e. The van der Waals surface area contributed by atoms with Crippen LogP contribution in [0.2, 0.25) is 0 Å². The van der Waals surface area contributed by atoms with Crippen molar-refractivity contribution in [1.82, 2.24) is 0 Å². The van der Waals surface area contributed by atoms with Crippen molar-refractivity contribution in [2.75, 3.05) is 0 Å². The predicted molar refractivity (Wildman–Crippen MR) is 86.5 cm³/mol. The van der Waals surface area contributed by atoms with Crippen LogP contribution >= 0.6 is 11.6 Å². The Balaban J connectivity index is 2.04. The van der Waals surface area contributed by atoms with E-state index >= 15 is 0 Å². The number of aryl methyl sites for hydroxylation is 2. The molecule has 0 amide bonds. The van der Waals surface area contributed by atoms with E-state index in [0.717, 1.165) is 22.8 Å². The van der Waals surface area contributed by atoms with E-state index < -0.39 is 34.4 Å². The van der Waals surface area contributed by atoms with Gasteiger partial charge < -0.3 is 4.74 Å². The molecule has 0 bridgehead atoms. The first-order valence-electron chi connectivity index (χ1n) is 7.62. The van der Waals surface area contributed by atoms with Gasteiger partial charge in [-0.3, -0.25) is 4.79 Å². The highest BCUT2D eigenvalue weighted by molar-refractivity contribution is 6.30. The average molecular weight is 361 g/mol. The van der Waals surface area contributed by atoms with Gasteiger partial charge in [0.05, 0.1) is 5.92 Å². The van der Waals surface area contributed by atoms with E-state index in [2.05, 4.69) is 0 Å². The first-order valence-corrected chi connectivity index (χ1v) is 7.99. The third-order valence-electron chi connectivity index (χ3n) is 4.64. The minimum Gasteiger partial charge on any atom is -0.461 e. The van der Waals surface area contributed by atoms with Crippen LogP contribution in [-0.2, 0) is 16.1 Å². The molecule has 0 heterocycles. The minimum absolute atomic E-state index is 0.113. The smallest absolute Gasteiger partial charge is 0.426 e. The summed E-state index contributed by atoms with van der Waals surface area (Å²) >= 11 is 5.28. The fraction of sp³-hybridized carbons (Fsp3) is 0.500. The maximum Gasteiger partial charge on any atom is 0.426 e. The Bertz CT molecular complexity index is 677. The van der Waals surface area contributed by atoms with Crippen molar-refractivity contribution in [3.63, 3.8) is 0 Å². The second-order valence-electron chi connectivity index (χ2n) is 6.87. The van der Waals surface area contributed by atoms with Gasteiger partial charge in [-0.25, -0.2) is 0 Å². The highest BCUT2D eigenvalue weighted by Gasteiger charge is 2.62. The van der Waals surface area contributed by atoms with E-state index in [-0.39, 0.29) is 6.61 Å². The van der Waals surface area contributed by atoms with Crippen LogP contribution < -0.4 is 0 Å². The molecule has 2 atom stereocenters. The van der Waals surface area contributed by atoms with E-state index in [9.17, 15) is 18.0 Å². The van der Waals surface area contributed by atoms with Crippen molar-refractivity contribution in [3.8, 4) is 0 Å². The number of alkyl halides is 3. The lowest BCUT2D eigenvalue weighted by molar-refractivity contribution is -0.147. The number of hydrogen-bond donors (Lipinski definition) is 0. The van der Waals surface area contributed by atoms with Crippen LogP contribution in [0.4, 0.5) is 13.2 Å². The predicted octanol–water partition coefficient (Wildman–Crippen LogP) is 5.30. The van der Waals surface area contributed by atoms with Gasteiger partial charge in [0.2, 0.25) is 0 Å². The SMILES string of the molecule is Cc1ccc(C)c(COC(=O)[C@H]2[C@@H](/C=C(\Cl)C(F)(F)F)C2(C)C)c1. The van der Waals surface area contributed by atoms with Crippen molar-refractivity contribution < 1.29 is 22.7 Å². The molecule has 24 heavy (non-hydrogen) atoms. The maximum absolute atomic E-state index is 12.6. The zero-order valence-electron chi connectivity index (χ0n) is 14.0. The molecule has 0 unspecified atom stereocenters. The molecular formula is C18H20ClF3O2. The minimum atomic E-state index is -4.59. The van der Waals surface area contributed by atoms with E-state index in [1.165, 1.54) is 0 Å². The summed E-state index contributed by atoms with van der Waals surface area (Å²) in [5.74, 6) is -1.68. The molecule has 0 radical (unpaired) electrons. The van der Waals surface area contributed by atoms with Crippen LogP contribution in [0.1, 0.15) is 30.5 Å². The van der Waals surface area contributed by atoms with Crippen LogP contribution in [0, 0.1) is 31.1 Å².